The zero-order chi connectivity index (χ0) is 16.7. The summed E-state index contributed by atoms with van der Waals surface area (Å²) in [6.45, 7) is 2.01. The van der Waals surface area contributed by atoms with E-state index in [0.717, 1.165) is 37.7 Å². The van der Waals surface area contributed by atoms with E-state index in [2.05, 4.69) is 0 Å². The Hall–Kier alpha value is -1.36. The number of hydrogen-bond donors (Lipinski definition) is 0. The van der Waals surface area contributed by atoms with Gasteiger partial charge in [0.25, 0.3) is 0 Å². The van der Waals surface area contributed by atoms with Crippen LogP contribution in [0.4, 0.5) is 0 Å². The Morgan fingerprint density at radius 2 is 1.83 bits per heavy atom. The van der Waals surface area contributed by atoms with E-state index < -0.39 is 21.7 Å². The Kier molecular flexibility index (Phi) is 6.63. The van der Waals surface area contributed by atoms with Crippen molar-refractivity contribution in [3.63, 3.8) is 0 Å². The SMILES string of the molecule is CCOC(=O)[C@H](Cc1ccccc1)CS(=O)(=O)C1CCCCC1. The molecule has 1 atom stereocenters. The first kappa shape index (κ1) is 18.0. The van der Waals surface area contributed by atoms with Gasteiger partial charge in [-0.15, -0.1) is 0 Å². The third-order valence-corrected chi connectivity index (χ3v) is 6.79. The summed E-state index contributed by atoms with van der Waals surface area (Å²) >= 11 is 0. The third-order valence-electron chi connectivity index (χ3n) is 4.44. The van der Waals surface area contributed by atoms with Crippen LogP contribution < -0.4 is 0 Å². The van der Waals surface area contributed by atoms with Gasteiger partial charge in [-0.2, -0.15) is 0 Å². The zero-order valence-corrected chi connectivity index (χ0v) is 14.6. The molecule has 0 saturated heterocycles. The topological polar surface area (TPSA) is 60.4 Å². The van der Waals surface area contributed by atoms with Crippen LogP contribution in [0.25, 0.3) is 0 Å². The fourth-order valence-corrected chi connectivity index (χ4v) is 5.35. The summed E-state index contributed by atoms with van der Waals surface area (Å²) in [6, 6.07) is 9.53. The maximum Gasteiger partial charge on any atom is 0.310 e. The van der Waals surface area contributed by atoms with Crippen LogP contribution in [0.1, 0.15) is 44.6 Å². The van der Waals surface area contributed by atoms with E-state index in [0.29, 0.717) is 6.42 Å². The van der Waals surface area contributed by atoms with E-state index in [1.807, 2.05) is 30.3 Å². The zero-order valence-electron chi connectivity index (χ0n) is 13.7. The molecule has 5 heteroatoms. The first-order valence-corrected chi connectivity index (χ1v) is 10.2. The van der Waals surface area contributed by atoms with E-state index in [1.165, 1.54) is 0 Å². The molecule has 0 radical (unpaired) electrons. The molecule has 0 bridgehead atoms. The molecule has 1 saturated carbocycles. The maximum absolute atomic E-state index is 12.7. The van der Waals surface area contributed by atoms with Crippen LogP contribution >= 0.6 is 0 Å². The molecule has 1 fully saturated rings. The number of sulfone groups is 1. The van der Waals surface area contributed by atoms with Gasteiger partial charge in [0.15, 0.2) is 9.84 Å². The molecular weight excluding hydrogens is 312 g/mol. The van der Waals surface area contributed by atoms with Crippen molar-refractivity contribution in [2.24, 2.45) is 5.92 Å². The number of carbonyl (C=O) groups is 1. The number of carbonyl (C=O) groups excluding carboxylic acids is 1. The Morgan fingerprint density at radius 3 is 2.43 bits per heavy atom. The van der Waals surface area contributed by atoms with Crippen molar-refractivity contribution in [1.82, 2.24) is 0 Å². The Bertz CT molecular complexity index is 589. The fourth-order valence-electron chi connectivity index (χ4n) is 3.21. The summed E-state index contributed by atoms with van der Waals surface area (Å²) in [5.74, 6) is -1.13. The van der Waals surface area contributed by atoms with Crippen LogP contribution in [0.3, 0.4) is 0 Å². The lowest BCUT2D eigenvalue weighted by molar-refractivity contribution is -0.147. The van der Waals surface area contributed by atoms with Gasteiger partial charge >= 0.3 is 5.97 Å². The Labute approximate surface area is 139 Å². The monoisotopic (exact) mass is 338 g/mol. The molecule has 1 aromatic rings. The van der Waals surface area contributed by atoms with Crippen molar-refractivity contribution in [3.05, 3.63) is 35.9 Å². The van der Waals surface area contributed by atoms with E-state index >= 15 is 0 Å². The smallest absolute Gasteiger partial charge is 0.310 e. The quantitative estimate of drug-likeness (QED) is 0.717. The van der Waals surface area contributed by atoms with Crippen LogP contribution in [0.5, 0.6) is 0 Å². The normalized spacial score (nSPS) is 17.6. The van der Waals surface area contributed by atoms with Crippen molar-refractivity contribution in [3.8, 4) is 0 Å². The molecule has 128 valence electrons. The third kappa shape index (κ3) is 5.34. The molecule has 0 aromatic heterocycles. The highest BCUT2D eigenvalue weighted by atomic mass is 32.2. The predicted octanol–water partition coefficient (Wildman–Crippen LogP) is 3.16. The van der Waals surface area contributed by atoms with Crippen molar-refractivity contribution in [1.29, 1.82) is 0 Å². The van der Waals surface area contributed by atoms with E-state index in [-0.39, 0.29) is 17.6 Å². The van der Waals surface area contributed by atoms with Gasteiger partial charge in [0, 0.05) is 0 Å². The van der Waals surface area contributed by atoms with Crippen LogP contribution in [0.2, 0.25) is 0 Å². The van der Waals surface area contributed by atoms with Gasteiger partial charge in [0.2, 0.25) is 0 Å². The van der Waals surface area contributed by atoms with Gasteiger partial charge < -0.3 is 4.74 Å². The highest BCUT2D eigenvalue weighted by molar-refractivity contribution is 7.92. The molecule has 0 amide bonds. The van der Waals surface area contributed by atoms with Crippen molar-refractivity contribution >= 4 is 15.8 Å². The van der Waals surface area contributed by atoms with Crippen LogP contribution in [-0.4, -0.2) is 32.0 Å². The number of hydrogen-bond acceptors (Lipinski definition) is 4. The average Bonchev–Trinajstić information content (AvgIpc) is 2.56. The number of benzene rings is 1. The molecule has 0 N–H and O–H groups in total. The largest absolute Gasteiger partial charge is 0.466 e. The maximum atomic E-state index is 12.7. The molecule has 4 nitrogen and oxygen atoms in total. The minimum absolute atomic E-state index is 0.106. The van der Waals surface area contributed by atoms with Gasteiger partial charge in [-0.3, -0.25) is 4.79 Å². The standard InChI is InChI=1S/C18H26O4S/c1-2-22-18(19)16(13-15-9-5-3-6-10-15)14-23(20,21)17-11-7-4-8-12-17/h3,5-6,9-10,16-17H,2,4,7-8,11-14H2,1H3/t16-/m1/s1. The van der Waals surface area contributed by atoms with Gasteiger partial charge in [0.05, 0.1) is 23.5 Å². The molecule has 23 heavy (non-hydrogen) atoms. The van der Waals surface area contributed by atoms with Gasteiger partial charge in [-0.25, -0.2) is 8.42 Å². The summed E-state index contributed by atoms with van der Waals surface area (Å²) in [6.07, 6.45) is 4.90. The lowest BCUT2D eigenvalue weighted by atomic mass is 10.0. The lowest BCUT2D eigenvalue weighted by Crippen LogP contribution is -2.34. The number of rotatable bonds is 7. The minimum Gasteiger partial charge on any atom is -0.466 e. The molecule has 1 aliphatic carbocycles. The van der Waals surface area contributed by atoms with Gasteiger partial charge in [-0.1, -0.05) is 49.6 Å². The summed E-state index contributed by atoms with van der Waals surface area (Å²) in [7, 11) is -3.27. The Balaban J connectivity index is 2.11. The molecule has 2 rings (SSSR count). The number of ether oxygens (including phenoxy) is 1. The predicted molar refractivity (Wildman–Crippen MR) is 90.9 cm³/mol. The van der Waals surface area contributed by atoms with Crippen molar-refractivity contribution < 1.29 is 17.9 Å². The average molecular weight is 338 g/mol. The molecule has 1 aromatic carbocycles. The second kappa shape index (κ2) is 8.48. The molecular formula is C18H26O4S. The molecule has 0 heterocycles. The second-order valence-electron chi connectivity index (χ2n) is 6.23. The van der Waals surface area contributed by atoms with Gasteiger partial charge in [0.1, 0.15) is 0 Å². The van der Waals surface area contributed by atoms with Crippen LogP contribution in [0, 0.1) is 5.92 Å². The van der Waals surface area contributed by atoms with Crippen LogP contribution in [0.15, 0.2) is 30.3 Å². The van der Waals surface area contributed by atoms with E-state index in [1.54, 1.807) is 6.92 Å². The summed E-state index contributed by atoms with van der Waals surface area (Å²) < 4.78 is 30.5. The van der Waals surface area contributed by atoms with Gasteiger partial charge in [-0.05, 0) is 31.7 Å². The first-order valence-electron chi connectivity index (χ1n) is 8.45. The molecule has 1 aliphatic rings. The number of esters is 1. The lowest BCUT2D eigenvalue weighted by Gasteiger charge is -2.24. The first-order chi connectivity index (χ1) is 11.0. The van der Waals surface area contributed by atoms with Crippen LogP contribution in [-0.2, 0) is 25.8 Å². The highest BCUT2D eigenvalue weighted by Gasteiger charge is 2.33. The molecule has 0 unspecified atom stereocenters. The van der Waals surface area contributed by atoms with E-state index in [9.17, 15) is 13.2 Å². The molecule has 0 aliphatic heterocycles. The summed E-state index contributed by atoms with van der Waals surface area (Å²) in [4.78, 5) is 12.2. The Morgan fingerprint density at radius 1 is 1.17 bits per heavy atom. The molecule has 0 spiro atoms. The van der Waals surface area contributed by atoms with E-state index in [4.69, 9.17) is 4.74 Å². The fraction of sp³-hybridized carbons (Fsp3) is 0.611. The summed E-state index contributed by atoms with van der Waals surface area (Å²) in [5.41, 5.74) is 0.962. The van der Waals surface area contributed by atoms with Crippen molar-refractivity contribution in [2.75, 3.05) is 12.4 Å². The highest BCUT2D eigenvalue weighted by Crippen LogP contribution is 2.26. The summed E-state index contributed by atoms with van der Waals surface area (Å²) in [5, 5.41) is -0.288. The van der Waals surface area contributed by atoms with Crippen molar-refractivity contribution in [2.45, 2.75) is 50.7 Å². The second-order valence-corrected chi connectivity index (χ2v) is 8.55. The minimum atomic E-state index is -3.27.